The van der Waals surface area contributed by atoms with E-state index in [1.807, 2.05) is 0 Å². The third-order valence-corrected chi connectivity index (χ3v) is 4.50. The van der Waals surface area contributed by atoms with E-state index in [1.165, 1.54) is 6.07 Å². The molecule has 1 fully saturated rings. The van der Waals surface area contributed by atoms with Gasteiger partial charge in [0.15, 0.2) is 0 Å². The highest BCUT2D eigenvalue weighted by Crippen LogP contribution is 2.32. The Labute approximate surface area is 143 Å². The number of carbonyl (C=O) groups excluding carboxylic acids is 1. The Kier molecular flexibility index (Phi) is 6.58. The third-order valence-electron chi connectivity index (χ3n) is 4.50. The van der Waals surface area contributed by atoms with E-state index in [0.717, 1.165) is 45.2 Å². The number of benzene rings is 1. The van der Waals surface area contributed by atoms with Gasteiger partial charge in [0, 0.05) is 31.3 Å². The van der Waals surface area contributed by atoms with E-state index < -0.39 is 0 Å². The van der Waals surface area contributed by atoms with Crippen molar-refractivity contribution >= 4 is 17.3 Å². The molecule has 1 aliphatic heterocycles. The summed E-state index contributed by atoms with van der Waals surface area (Å²) < 4.78 is 0. The van der Waals surface area contributed by atoms with Gasteiger partial charge in [-0.05, 0) is 37.3 Å². The largest absolute Gasteiger partial charge is 0.366 e. The van der Waals surface area contributed by atoms with Crippen molar-refractivity contribution in [1.82, 2.24) is 5.32 Å². The summed E-state index contributed by atoms with van der Waals surface area (Å²) in [4.78, 5) is 25.3. The first-order valence-corrected chi connectivity index (χ1v) is 8.84. The van der Waals surface area contributed by atoms with Crippen LogP contribution in [0.3, 0.4) is 0 Å². The normalized spacial score (nSPS) is 17.6. The van der Waals surface area contributed by atoms with Crippen LogP contribution in [0.1, 0.15) is 56.3 Å². The number of nitrogens with zero attached hydrogens (tertiary/aromatic N) is 2. The molecule has 0 saturated carbocycles. The number of rotatable bonds is 7. The summed E-state index contributed by atoms with van der Waals surface area (Å²) in [5.74, 6) is 0.285. The fraction of sp³-hybridized carbons (Fsp3) is 0.611. The average Bonchev–Trinajstić information content (AvgIpc) is 2.58. The lowest BCUT2D eigenvalue weighted by Crippen LogP contribution is -2.34. The summed E-state index contributed by atoms with van der Waals surface area (Å²) in [6.45, 7) is 6.52. The maximum Gasteiger partial charge on any atom is 0.293 e. The van der Waals surface area contributed by atoms with Crippen molar-refractivity contribution in [2.75, 3.05) is 24.5 Å². The molecule has 0 unspecified atom stereocenters. The van der Waals surface area contributed by atoms with Gasteiger partial charge in [-0.15, -0.1) is 0 Å². The Morgan fingerprint density at radius 2 is 2.21 bits per heavy atom. The summed E-state index contributed by atoms with van der Waals surface area (Å²) >= 11 is 0. The zero-order valence-electron chi connectivity index (χ0n) is 14.6. The molecule has 6 heteroatoms. The highest BCUT2D eigenvalue weighted by Gasteiger charge is 2.25. The lowest BCUT2D eigenvalue weighted by Gasteiger charge is -2.32. The van der Waals surface area contributed by atoms with Gasteiger partial charge in [0.25, 0.3) is 11.6 Å². The van der Waals surface area contributed by atoms with Crippen LogP contribution < -0.4 is 10.2 Å². The fourth-order valence-electron chi connectivity index (χ4n) is 3.17. The first-order chi connectivity index (χ1) is 11.5. The van der Waals surface area contributed by atoms with Crippen molar-refractivity contribution < 1.29 is 9.72 Å². The molecule has 6 nitrogen and oxygen atoms in total. The van der Waals surface area contributed by atoms with Gasteiger partial charge in [0.1, 0.15) is 5.69 Å². The minimum Gasteiger partial charge on any atom is -0.366 e. The van der Waals surface area contributed by atoms with Crippen LogP contribution in [-0.4, -0.2) is 30.5 Å². The van der Waals surface area contributed by atoms with E-state index in [2.05, 4.69) is 24.1 Å². The molecular weight excluding hydrogens is 306 g/mol. The second-order valence-electron chi connectivity index (χ2n) is 6.62. The molecule has 2 rings (SSSR count). The van der Waals surface area contributed by atoms with Crippen LogP contribution >= 0.6 is 0 Å². The van der Waals surface area contributed by atoms with Crippen molar-refractivity contribution in [3.8, 4) is 0 Å². The number of piperidine rings is 1. The summed E-state index contributed by atoms with van der Waals surface area (Å²) in [7, 11) is 0. The van der Waals surface area contributed by atoms with Crippen LogP contribution in [-0.2, 0) is 0 Å². The second kappa shape index (κ2) is 8.66. The Morgan fingerprint density at radius 1 is 1.42 bits per heavy atom. The Bertz CT molecular complexity index is 589. The van der Waals surface area contributed by atoms with Gasteiger partial charge in [-0.3, -0.25) is 14.9 Å². The van der Waals surface area contributed by atoms with Crippen LogP contribution in [0, 0.1) is 16.0 Å². The predicted octanol–water partition coefficient (Wildman–Crippen LogP) is 3.75. The molecule has 1 aromatic rings. The smallest absolute Gasteiger partial charge is 0.293 e. The van der Waals surface area contributed by atoms with Gasteiger partial charge in [-0.2, -0.15) is 0 Å². The summed E-state index contributed by atoms with van der Waals surface area (Å²) in [5, 5.41) is 14.3. The van der Waals surface area contributed by atoms with E-state index in [0.29, 0.717) is 23.7 Å². The number of hydrogen-bond acceptors (Lipinski definition) is 4. The van der Waals surface area contributed by atoms with E-state index in [4.69, 9.17) is 0 Å². The van der Waals surface area contributed by atoms with Gasteiger partial charge < -0.3 is 10.2 Å². The monoisotopic (exact) mass is 333 g/mol. The van der Waals surface area contributed by atoms with Gasteiger partial charge in [0.05, 0.1) is 4.92 Å². The highest BCUT2D eigenvalue weighted by molar-refractivity contribution is 5.95. The van der Waals surface area contributed by atoms with Crippen molar-refractivity contribution in [3.05, 3.63) is 33.9 Å². The lowest BCUT2D eigenvalue weighted by atomic mass is 9.99. The molecule has 1 aromatic carbocycles. The zero-order valence-corrected chi connectivity index (χ0v) is 14.6. The summed E-state index contributed by atoms with van der Waals surface area (Å²) in [5.41, 5.74) is 0.992. The minimum atomic E-state index is -0.386. The van der Waals surface area contributed by atoms with Gasteiger partial charge >= 0.3 is 0 Å². The molecule has 1 N–H and O–H groups in total. The molecule has 1 heterocycles. The molecule has 1 amide bonds. The third kappa shape index (κ3) is 4.69. The van der Waals surface area contributed by atoms with E-state index >= 15 is 0 Å². The number of nitrogens with one attached hydrogen (secondary N) is 1. The maximum absolute atomic E-state index is 12.2. The van der Waals surface area contributed by atoms with E-state index in [9.17, 15) is 14.9 Å². The molecule has 132 valence electrons. The van der Waals surface area contributed by atoms with Crippen LogP contribution in [0.2, 0.25) is 0 Å². The van der Waals surface area contributed by atoms with E-state index in [1.54, 1.807) is 12.1 Å². The number of unbranched alkanes of at least 4 members (excludes halogenated alkanes) is 2. The van der Waals surface area contributed by atoms with Crippen LogP contribution in [0.15, 0.2) is 18.2 Å². The Hall–Kier alpha value is -2.11. The molecule has 0 aromatic heterocycles. The van der Waals surface area contributed by atoms with Gasteiger partial charge in [0.2, 0.25) is 0 Å². The minimum absolute atomic E-state index is 0.0188. The van der Waals surface area contributed by atoms with Crippen LogP contribution in [0.5, 0.6) is 0 Å². The molecule has 24 heavy (non-hydrogen) atoms. The molecule has 1 atom stereocenters. The Morgan fingerprint density at radius 3 is 2.88 bits per heavy atom. The number of anilines is 1. The van der Waals surface area contributed by atoms with Crippen LogP contribution in [0.4, 0.5) is 11.4 Å². The average molecular weight is 333 g/mol. The highest BCUT2D eigenvalue weighted by atomic mass is 16.6. The predicted molar refractivity (Wildman–Crippen MR) is 95.6 cm³/mol. The number of hydrogen-bond donors (Lipinski definition) is 1. The standard InChI is InChI=1S/C18H27N3O3/c1-3-4-5-10-19-18(22)15-8-9-16(17(12-15)21(23)24)20-11-6-7-14(2)13-20/h8-9,12,14H,3-7,10-11,13H2,1-2H3,(H,19,22)/t14-/m1/s1. The SMILES string of the molecule is CCCCCNC(=O)c1ccc(N2CCC[C@@H](C)C2)c([N+](=O)[O-])c1. The number of nitro groups is 1. The van der Waals surface area contributed by atoms with Crippen LogP contribution in [0.25, 0.3) is 0 Å². The van der Waals surface area contributed by atoms with Crippen molar-refractivity contribution in [1.29, 1.82) is 0 Å². The van der Waals surface area contributed by atoms with Gasteiger partial charge in [-0.25, -0.2) is 0 Å². The molecule has 0 bridgehead atoms. The molecular formula is C18H27N3O3. The van der Waals surface area contributed by atoms with Crippen molar-refractivity contribution in [3.63, 3.8) is 0 Å². The van der Waals surface area contributed by atoms with Crippen molar-refractivity contribution in [2.45, 2.75) is 46.0 Å². The number of carbonyl (C=O) groups is 1. The number of amides is 1. The second-order valence-corrected chi connectivity index (χ2v) is 6.62. The molecule has 0 aliphatic carbocycles. The topological polar surface area (TPSA) is 75.5 Å². The maximum atomic E-state index is 12.2. The first-order valence-electron chi connectivity index (χ1n) is 8.84. The first kappa shape index (κ1) is 18.2. The van der Waals surface area contributed by atoms with E-state index in [-0.39, 0.29) is 16.5 Å². The zero-order chi connectivity index (χ0) is 17.5. The molecule has 1 saturated heterocycles. The van der Waals surface area contributed by atoms with Gasteiger partial charge in [-0.1, -0.05) is 26.7 Å². The van der Waals surface area contributed by atoms with Crippen molar-refractivity contribution in [2.24, 2.45) is 5.92 Å². The fourth-order valence-corrected chi connectivity index (χ4v) is 3.17. The molecule has 1 aliphatic rings. The summed E-state index contributed by atoms with van der Waals surface area (Å²) in [6.07, 6.45) is 5.27. The Balaban J connectivity index is 2.14. The molecule has 0 spiro atoms. The molecule has 0 radical (unpaired) electrons. The lowest BCUT2D eigenvalue weighted by molar-refractivity contribution is -0.384. The quantitative estimate of drug-likeness (QED) is 0.468. The summed E-state index contributed by atoms with van der Waals surface area (Å²) in [6, 6.07) is 4.82. The number of nitro benzene ring substituents is 1.